The molecule has 2 N–H and O–H groups in total. The second-order valence-corrected chi connectivity index (χ2v) is 5.82. The lowest BCUT2D eigenvalue weighted by Crippen LogP contribution is -2.15. The summed E-state index contributed by atoms with van der Waals surface area (Å²) in [6, 6.07) is 10.3. The number of pyridine rings is 1. The average Bonchev–Trinajstić information content (AvgIpc) is 2.65. The Hall–Kier alpha value is -2.70. The van der Waals surface area contributed by atoms with E-state index in [1.807, 2.05) is 12.1 Å². The van der Waals surface area contributed by atoms with E-state index in [0.29, 0.717) is 23.2 Å². The summed E-state index contributed by atoms with van der Waals surface area (Å²) in [6.07, 6.45) is 4.92. The first-order valence-electron chi connectivity index (χ1n) is 7.34. The minimum atomic E-state index is -0.404. The summed E-state index contributed by atoms with van der Waals surface area (Å²) in [5.74, 6) is -0.0554. The molecule has 0 atom stereocenters. The lowest BCUT2D eigenvalue weighted by atomic mass is 10.3. The summed E-state index contributed by atoms with van der Waals surface area (Å²) < 4.78 is 0. The molecule has 1 amide bonds. The molecule has 0 aliphatic rings. The molecule has 0 fully saturated rings. The molecule has 6 nitrogen and oxygen atoms in total. The third-order valence-electron chi connectivity index (χ3n) is 3.29. The van der Waals surface area contributed by atoms with Gasteiger partial charge in [0.1, 0.15) is 5.69 Å². The summed E-state index contributed by atoms with van der Waals surface area (Å²) in [6.45, 7) is 0.522. The molecular formula is C17H13Cl2N5O. The van der Waals surface area contributed by atoms with Crippen LogP contribution in [-0.2, 0) is 6.54 Å². The van der Waals surface area contributed by atoms with Crippen molar-refractivity contribution in [3.8, 4) is 0 Å². The molecule has 3 rings (SSSR count). The van der Waals surface area contributed by atoms with E-state index < -0.39 is 5.91 Å². The summed E-state index contributed by atoms with van der Waals surface area (Å²) >= 11 is 12.0. The Kier molecular flexibility index (Phi) is 5.42. The molecule has 25 heavy (non-hydrogen) atoms. The van der Waals surface area contributed by atoms with Gasteiger partial charge in [0.2, 0.25) is 5.95 Å². The van der Waals surface area contributed by atoms with E-state index in [1.165, 1.54) is 12.3 Å². The van der Waals surface area contributed by atoms with Gasteiger partial charge in [-0.1, -0.05) is 29.3 Å². The van der Waals surface area contributed by atoms with Crippen molar-refractivity contribution in [1.82, 2.24) is 15.0 Å². The number of nitrogens with zero attached hydrogens (tertiary/aromatic N) is 3. The molecule has 0 aliphatic heterocycles. The van der Waals surface area contributed by atoms with Crippen molar-refractivity contribution in [2.24, 2.45) is 0 Å². The number of aromatic nitrogens is 3. The highest BCUT2D eigenvalue weighted by Gasteiger charge is 2.12. The predicted octanol–water partition coefficient (Wildman–Crippen LogP) is 4.04. The highest BCUT2D eigenvalue weighted by molar-refractivity contribution is 6.44. The third kappa shape index (κ3) is 4.43. The Morgan fingerprint density at radius 2 is 1.84 bits per heavy atom. The molecule has 2 aromatic heterocycles. The van der Waals surface area contributed by atoms with Crippen molar-refractivity contribution in [2.75, 3.05) is 10.6 Å². The van der Waals surface area contributed by atoms with E-state index in [-0.39, 0.29) is 10.7 Å². The molecule has 0 spiro atoms. The molecule has 0 bridgehead atoms. The third-order valence-corrected chi connectivity index (χ3v) is 4.11. The van der Waals surface area contributed by atoms with Crippen molar-refractivity contribution in [3.05, 3.63) is 76.3 Å². The Balaban J connectivity index is 1.70. The zero-order valence-corrected chi connectivity index (χ0v) is 14.4. The molecule has 1 aromatic carbocycles. The number of benzene rings is 1. The summed E-state index contributed by atoms with van der Waals surface area (Å²) in [7, 11) is 0. The van der Waals surface area contributed by atoms with Gasteiger partial charge in [0.25, 0.3) is 5.91 Å². The fraction of sp³-hybridized carbons (Fsp3) is 0.0588. The maximum Gasteiger partial charge on any atom is 0.274 e. The van der Waals surface area contributed by atoms with Gasteiger partial charge in [-0.15, -0.1) is 0 Å². The van der Waals surface area contributed by atoms with Crippen LogP contribution in [0.15, 0.2) is 55.0 Å². The van der Waals surface area contributed by atoms with E-state index >= 15 is 0 Å². The van der Waals surface area contributed by atoms with E-state index in [0.717, 1.165) is 5.56 Å². The van der Waals surface area contributed by atoms with Gasteiger partial charge in [0.05, 0.1) is 15.7 Å². The van der Waals surface area contributed by atoms with E-state index in [9.17, 15) is 4.79 Å². The van der Waals surface area contributed by atoms with Crippen molar-refractivity contribution in [3.63, 3.8) is 0 Å². The number of hydrogen-bond acceptors (Lipinski definition) is 5. The van der Waals surface area contributed by atoms with E-state index in [2.05, 4.69) is 25.6 Å². The maximum atomic E-state index is 12.4. The minimum Gasteiger partial charge on any atom is -0.350 e. The highest BCUT2D eigenvalue weighted by atomic mass is 35.5. The number of carbonyl (C=O) groups excluding carboxylic acids is 1. The quantitative estimate of drug-likeness (QED) is 0.705. The summed E-state index contributed by atoms with van der Waals surface area (Å²) in [4.78, 5) is 24.6. The fourth-order valence-electron chi connectivity index (χ4n) is 2.04. The van der Waals surface area contributed by atoms with Gasteiger partial charge >= 0.3 is 0 Å². The first-order valence-corrected chi connectivity index (χ1v) is 8.10. The number of rotatable bonds is 5. The molecule has 0 radical (unpaired) electrons. The minimum absolute atomic E-state index is 0.211. The molecular weight excluding hydrogens is 361 g/mol. The second kappa shape index (κ2) is 7.92. The zero-order valence-electron chi connectivity index (χ0n) is 12.9. The van der Waals surface area contributed by atoms with Crippen LogP contribution in [0, 0.1) is 0 Å². The van der Waals surface area contributed by atoms with Crippen LogP contribution in [-0.4, -0.2) is 20.9 Å². The fourth-order valence-corrected chi connectivity index (χ4v) is 2.39. The van der Waals surface area contributed by atoms with Gasteiger partial charge in [-0.05, 0) is 35.9 Å². The van der Waals surface area contributed by atoms with Crippen LogP contribution >= 0.6 is 23.2 Å². The number of amides is 1. The Bertz CT molecular complexity index is 889. The molecule has 0 saturated carbocycles. The van der Waals surface area contributed by atoms with Gasteiger partial charge in [0.15, 0.2) is 0 Å². The van der Waals surface area contributed by atoms with Crippen LogP contribution in [0.25, 0.3) is 0 Å². The molecule has 2 heterocycles. The smallest absolute Gasteiger partial charge is 0.274 e. The van der Waals surface area contributed by atoms with Crippen molar-refractivity contribution in [2.45, 2.75) is 6.54 Å². The Morgan fingerprint density at radius 1 is 1.04 bits per heavy atom. The zero-order chi connectivity index (χ0) is 17.6. The van der Waals surface area contributed by atoms with Crippen molar-refractivity contribution >= 4 is 40.7 Å². The monoisotopic (exact) mass is 373 g/mol. The van der Waals surface area contributed by atoms with Crippen LogP contribution in [0.1, 0.15) is 16.1 Å². The predicted molar refractivity (Wildman–Crippen MR) is 98.0 cm³/mol. The van der Waals surface area contributed by atoms with Gasteiger partial charge in [-0.2, -0.15) is 0 Å². The molecule has 3 aromatic rings. The molecule has 0 unspecified atom stereocenters. The van der Waals surface area contributed by atoms with Crippen LogP contribution in [0.2, 0.25) is 10.0 Å². The largest absolute Gasteiger partial charge is 0.350 e. The molecule has 0 saturated heterocycles. The first-order chi connectivity index (χ1) is 12.1. The molecule has 0 aliphatic carbocycles. The van der Waals surface area contributed by atoms with Crippen molar-refractivity contribution in [1.29, 1.82) is 0 Å². The summed E-state index contributed by atoms with van der Waals surface area (Å²) in [5.41, 5.74) is 1.66. The molecule has 126 valence electrons. The van der Waals surface area contributed by atoms with E-state index in [4.69, 9.17) is 23.2 Å². The SMILES string of the molecule is O=C(Nc1cccc(Cl)c1Cl)c1ccnc(NCc2ccncc2)n1. The Labute approximate surface area is 154 Å². The number of halogens is 2. The van der Waals surface area contributed by atoms with Gasteiger partial charge in [-0.3, -0.25) is 9.78 Å². The standard InChI is InChI=1S/C17H13Cl2N5O/c18-12-2-1-3-13(15(12)19)23-16(25)14-6-9-21-17(24-14)22-10-11-4-7-20-8-5-11/h1-9H,10H2,(H,23,25)(H,21,22,24). The normalized spacial score (nSPS) is 10.3. The van der Waals surface area contributed by atoms with Crippen molar-refractivity contribution < 1.29 is 4.79 Å². The Morgan fingerprint density at radius 3 is 2.64 bits per heavy atom. The van der Waals surface area contributed by atoms with Gasteiger partial charge in [-0.25, -0.2) is 9.97 Å². The highest BCUT2D eigenvalue weighted by Crippen LogP contribution is 2.29. The number of anilines is 2. The van der Waals surface area contributed by atoms with E-state index in [1.54, 1.807) is 30.6 Å². The van der Waals surface area contributed by atoms with Crippen LogP contribution < -0.4 is 10.6 Å². The number of carbonyl (C=O) groups is 1. The topological polar surface area (TPSA) is 79.8 Å². The van der Waals surface area contributed by atoms with Gasteiger partial charge < -0.3 is 10.6 Å². The average molecular weight is 374 g/mol. The van der Waals surface area contributed by atoms with Crippen LogP contribution in [0.4, 0.5) is 11.6 Å². The second-order valence-electron chi connectivity index (χ2n) is 5.03. The molecule has 8 heteroatoms. The first kappa shape index (κ1) is 17.1. The van der Waals surface area contributed by atoms with Crippen LogP contribution in [0.5, 0.6) is 0 Å². The lowest BCUT2D eigenvalue weighted by molar-refractivity contribution is 0.102. The number of nitrogens with one attached hydrogen (secondary N) is 2. The van der Waals surface area contributed by atoms with Gasteiger partial charge in [0, 0.05) is 25.1 Å². The lowest BCUT2D eigenvalue weighted by Gasteiger charge is -2.09. The summed E-state index contributed by atoms with van der Waals surface area (Å²) in [5, 5.41) is 6.39. The van der Waals surface area contributed by atoms with Crippen LogP contribution in [0.3, 0.4) is 0 Å². The maximum absolute atomic E-state index is 12.4. The number of hydrogen-bond donors (Lipinski definition) is 2.